The Morgan fingerprint density at radius 1 is 1.30 bits per heavy atom. The molecule has 1 aromatic heterocycles. The normalized spacial score (nSPS) is 15.8. The molecule has 0 atom stereocenters. The Morgan fingerprint density at radius 2 is 1.96 bits per heavy atom. The van der Waals surface area contributed by atoms with Gasteiger partial charge in [-0.3, -0.25) is 10.1 Å². The number of methoxy groups -OCH3 is 2. The van der Waals surface area contributed by atoms with Gasteiger partial charge in [0, 0.05) is 6.07 Å². The Hall–Kier alpha value is -2.68. The second-order valence-corrected chi connectivity index (χ2v) is 5.41. The predicted octanol–water partition coefficient (Wildman–Crippen LogP) is 2.00. The molecule has 23 heavy (non-hydrogen) atoms. The van der Waals surface area contributed by atoms with Crippen LogP contribution in [0.1, 0.15) is 25.1 Å². The van der Waals surface area contributed by atoms with Crippen molar-refractivity contribution in [1.29, 1.82) is 0 Å². The number of aromatic nitrogens is 2. The number of nitrogens with two attached hydrogens (primary N) is 1. The first-order chi connectivity index (χ1) is 11.0. The van der Waals surface area contributed by atoms with E-state index in [1.165, 1.54) is 26.4 Å². The summed E-state index contributed by atoms with van der Waals surface area (Å²) in [5, 5.41) is 15.2. The molecule has 0 bridgehead atoms. The third-order valence-corrected chi connectivity index (χ3v) is 4.05. The quantitative estimate of drug-likeness (QED) is 0.654. The zero-order valence-electron chi connectivity index (χ0n) is 12.7. The highest BCUT2D eigenvalue weighted by Crippen LogP contribution is 2.41. The Labute approximate surface area is 131 Å². The summed E-state index contributed by atoms with van der Waals surface area (Å²) in [4.78, 5) is 15.0. The minimum atomic E-state index is -0.604. The molecule has 9 nitrogen and oxygen atoms in total. The van der Waals surface area contributed by atoms with Crippen molar-refractivity contribution >= 4 is 5.69 Å². The number of hydrogen-bond acceptors (Lipinski definition) is 8. The maximum Gasteiger partial charge on any atom is 0.286 e. The van der Waals surface area contributed by atoms with Crippen molar-refractivity contribution in [2.75, 3.05) is 14.2 Å². The summed E-state index contributed by atoms with van der Waals surface area (Å²) in [5.74, 6) is 0.975. The zero-order chi connectivity index (χ0) is 16.6. The van der Waals surface area contributed by atoms with Crippen molar-refractivity contribution in [3.63, 3.8) is 0 Å². The number of nitrogens with zero attached hydrogens (tertiary/aromatic N) is 3. The van der Waals surface area contributed by atoms with Crippen LogP contribution in [0.5, 0.6) is 11.5 Å². The maximum atomic E-state index is 11.3. The third-order valence-electron chi connectivity index (χ3n) is 4.05. The highest BCUT2D eigenvalue weighted by molar-refractivity contribution is 5.72. The van der Waals surface area contributed by atoms with Gasteiger partial charge >= 0.3 is 0 Å². The van der Waals surface area contributed by atoms with Gasteiger partial charge in [-0.25, -0.2) is 0 Å². The average Bonchev–Trinajstić information content (AvgIpc) is 3.01. The lowest BCUT2D eigenvalue weighted by atomic mass is 9.77. The molecule has 0 saturated heterocycles. The fourth-order valence-corrected chi connectivity index (χ4v) is 2.51. The number of benzene rings is 1. The van der Waals surface area contributed by atoms with Crippen molar-refractivity contribution in [3.8, 4) is 23.0 Å². The van der Waals surface area contributed by atoms with Crippen molar-refractivity contribution in [2.45, 2.75) is 24.8 Å². The fourth-order valence-electron chi connectivity index (χ4n) is 2.51. The molecule has 1 fully saturated rings. The van der Waals surface area contributed by atoms with Gasteiger partial charge < -0.3 is 19.7 Å². The number of nitro benzene ring substituents is 1. The number of rotatable bonds is 5. The van der Waals surface area contributed by atoms with Crippen LogP contribution in [0.25, 0.3) is 11.5 Å². The predicted molar refractivity (Wildman–Crippen MR) is 79.2 cm³/mol. The second kappa shape index (κ2) is 5.51. The lowest BCUT2D eigenvalue weighted by Gasteiger charge is -2.34. The van der Waals surface area contributed by atoms with E-state index >= 15 is 0 Å². The second-order valence-electron chi connectivity index (χ2n) is 5.41. The minimum absolute atomic E-state index is 0.0318. The van der Waals surface area contributed by atoms with Crippen molar-refractivity contribution in [3.05, 3.63) is 28.1 Å². The molecule has 1 aromatic carbocycles. The average molecular weight is 320 g/mol. The van der Waals surface area contributed by atoms with Gasteiger partial charge in [0.05, 0.1) is 30.7 Å². The van der Waals surface area contributed by atoms with Gasteiger partial charge in [-0.15, -0.1) is 0 Å². The van der Waals surface area contributed by atoms with Gasteiger partial charge in [0.15, 0.2) is 17.3 Å². The van der Waals surface area contributed by atoms with Gasteiger partial charge in [-0.05, 0) is 19.3 Å². The van der Waals surface area contributed by atoms with Gasteiger partial charge in [-0.2, -0.15) is 4.98 Å². The van der Waals surface area contributed by atoms with E-state index in [-0.39, 0.29) is 22.9 Å². The smallest absolute Gasteiger partial charge is 0.286 e. The first-order valence-corrected chi connectivity index (χ1v) is 7.02. The lowest BCUT2D eigenvalue weighted by Crippen LogP contribution is -2.44. The van der Waals surface area contributed by atoms with Crippen molar-refractivity contribution in [1.82, 2.24) is 10.1 Å². The van der Waals surface area contributed by atoms with Crippen LogP contribution in [0.2, 0.25) is 0 Å². The Kier molecular flexibility index (Phi) is 3.64. The summed E-state index contributed by atoms with van der Waals surface area (Å²) < 4.78 is 15.5. The summed E-state index contributed by atoms with van der Waals surface area (Å²) in [5.41, 5.74) is 5.50. The number of hydrogen-bond donors (Lipinski definition) is 1. The maximum absolute atomic E-state index is 11.3. The molecule has 0 spiro atoms. The summed E-state index contributed by atoms with van der Waals surface area (Å²) >= 11 is 0. The van der Waals surface area contributed by atoms with Crippen LogP contribution in [0.3, 0.4) is 0 Å². The van der Waals surface area contributed by atoms with Gasteiger partial charge in [-0.1, -0.05) is 5.16 Å². The van der Waals surface area contributed by atoms with E-state index in [0.29, 0.717) is 11.6 Å². The van der Waals surface area contributed by atoms with E-state index in [4.69, 9.17) is 19.7 Å². The molecular formula is C14H16N4O5. The molecule has 1 heterocycles. The SMILES string of the molecule is COc1cc(-c2nc(C3(N)CCC3)no2)c([N+](=O)[O-])cc1OC. The van der Waals surface area contributed by atoms with Crippen LogP contribution in [0.15, 0.2) is 16.7 Å². The molecule has 3 rings (SSSR count). The van der Waals surface area contributed by atoms with Gasteiger partial charge in [0.25, 0.3) is 11.6 Å². The molecule has 1 aliphatic rings. The molecule has 1 saturated carbocycles. The Balaban J connectivity index is 2.09. The molecule has 0 unspecified atom stereocenters. The standard InChI is InChI=1S/C14H16N4O5/c1-21-10-6-8(9(18(19)20)7-11(10)22-2)12-16-13(17-23-12)14(15)4-3-5-14/h6-7H,3-5,15H2,1-2H3. The largest absolute Gasteiger partial charge is 0.493 e. The topological polar surface area (TPSA) is 127 Å². The summed E-state index contributed by atoms with van der Waals surface area (Å²) in [7, 11) is 2.84. The molecular weight excluding hydrogens is 304 g/mol. The molecule has 0 radical (unpaired) electrons. The monoisotopic (exact) mass is 320 g/mol. The Morgan fingerprint density at radius 3 is 2.48 bits per heavy atom. The first-order valence-electron chi connectivity index (χ1n) is 7.02. The minimum Gasteiger partial charge on any atom is -0.493 e. The third kappa shape index (κ3) is 2.48. The van der Waals surface area contributed by atoms with Gasteiger partial charge in [0.2, 0.25) is 0 Å². The van der Waals surface area contributed by atoms with E-state index in [1.807, 2.05) is 0 Å². The molecule has 0 aliphatic heterocycles. The first kappa shape index (κ1) is 15.2. The summed E-state index contributed by atoms with van der Waals surface area (Å²) in [6.07, 6.45) is 2.52. The molecule has 122 valence electrons. The van der Waals surface area contributed by atoms with E-state index in [2.05, 4.69) is 10.1 Å². The van der Waals surface area contributed by atoms with Crippen LogP contribution in [-0.2, 0) is 5.54 Å². The van der Waals surface area contributed by atoms with Crippen LogP contribution in [0.4, 0.5) is 5.69 Å². The molecule has 1 aliphatic carbocycles. The molecule has 9 heteroatoms. The van der Waals surface area contributed by atoms with E-state index in [0.717, 1.165) is 19.3 Å². The molecule has 2 aromatic rings. The van der Waals surface area contributed by atoms with E-state index < -0.39 is 10.5 Å². The highest BCUT2D eigenvalue weighted by atomic mass is 16.6. The highest BCUT2D eigenvalue weighted by Gasteiger charge is 2.39. The fraction of sp³-hybridized carbons (Fsp3) is 0.429. The van der Waals surface area contributed by atoms with Crippen molar-refractivity contribution < 1.29 is 18.9 Å². The van der Waals surface area contributed by atoms with Crippen LogP contribution < -0.4 is 15.2 Å². The molecule has 2 N–H and O–H groups in total. The van der Waals surface area contributed by atoms with E-state index in [9.17, 15) is 10.1 Å². The van der Waals surface area contributed by atoms with Crippen molar-refractivity contribution in [2.24, 2.45) is 5.73 Å². The van der Waals surface area contributed by atoms with Gasteiger partial charge in [0.1, 0.15) is 5.56 Å². The van der Waals surface area contributed by atoms with Crippen LogP contribution >= 0.6 is 0 Å². The zero-order valence-corrected chi connectivity index (χ0v) is 12.7. The Bertz CT molecular complexity index is 754. The summed E-state index contributed by atoms with van der Waals surface area (Å²) in [6.45, 7) is 0. The van der Waals surface area contributed by atoms with E-state index in [1.54, 1.807) is 0 Å². The number of nitro groups is 1. The van der Waals surface area contributed by atoms with Crippen LogP contribution in [0, 0.1) is 10.1 Å². The van der Waals surface area contributed by atoms with Crippen LogP contribution in [-0.4, -0.2) is 29.3 Å². The number of ether oxygens (including phenoxy) is 2. The summed E-state index contributed by atoms with van der Waals surface area (Å²) in [6, 6.07) is 2.71. The lowest BCUT2D eigenvalue weighted by molar-refractivity contribution is -0.384. The molecule has 0 amide bonds.